The molecular formula is C15H15BrClN. The third-order valence-electron chi connectivity index (χ3n) is 3.19. The highest BCUT2D eigenvalue weighted by molar-refractivity contribution is 9.09. The van der Waals surface area contributed by atoms with Crippen LogP contribution in [-0.4, -0.2) is 4.98 Å². The van der Waals surface area contributed by atoms with Gasteiger partial charge in [-0.25, -0.2) is 0 Å². The zero-order valence-corrected chi connectivity index (χ0v) is 12.7. The van der Waals surface area contributed by atoms with Crippen molar-refractivity contribution in [2.45, 2.75) is 24.6 Å². The van der Waals surface area contributed by atoms with Crippen LogP contribution in [0.3, 0.4) is 0 Å². The Bertz CT molecular complexity index is 527. The lowest BCUT2D eigenvalue weighted by Gasteiger charge is -2.20. The van der Waals surface area contributed by atoms with Crippen molar-refractivity contribution in [2.75, 3.05) is 0 Å². The fraction of sp³-hybridized carbons (Fsp3) is 0.267. The van der Waals surface area contributed by atoms with Gasteiger partial charge in [-0.1, -0.05) is 52.7 Å². The minimum atomic E-state index is 0.201. The van der Waals surface area contributed by atoms with Crippen LogP contribution in [0.25, 0.3) is 0 Å². The number of nitrogens with zero attached hydrogens (tertiary/aromatic N) is 1. The van der Waals surface area contributed by atoms with E-state index >= 15 is 0 Å². The number of benzene rings is 1. The van der Waals surface area contributed by atoms with E-state index in [9.17, 15) is 0 Å². The number of aromatic nitrogens is 1. The Labute approximate surface area is 121 Å². The van der Waals surface area contributed by atoms with E-state index in [1.54, 1.807) is 0 Å². The molecule has 0 aliphatic carbocycles. The molecule has 0 saturated carbocycles. The van der Waals surface area contributed by atoms with Crippen molar-refractivity contribution in [1.82, 2.24) is 4.98 Å². The van der Waals surface area contributed by atoms with Gasteiger partial charge in [-0.05, 0) is 41.7 Å². The van der Waals surface area contributed by atoms with Gasteiger partial charge in [0.25, 0.3) is 0 Å². The summed E-state index contributed by atoms with van der Waals surface area (Å²) < 4.78 is 0. The summed E-state index contributed by atoms with van der Waals surface area (Å²) in [6, 6.07) is 10.2. The molecule has 18 heavy (non-hydrogen) atoms. The van der Waals surface area contributed by atoms with E-state index in [0.717, 1.165) is 16.1 Å². The van der Waals surface area contributed by atoms with Gasteiger partial charge in [0.05, 0.1) is 0 Å². The number of alkyl halides is 1. The van der Waals surface area contributed by atoms with Gasteiger partial charge in [0.2, 0.25) is 0 Å². The van der Waals surface area contributed by atoms with E-state index in [1.807, 2.05) is 43.6 Å². The van der Waals surface area contributed by atoms with Gasteiger partial charge in [0.1, 0.15) is 0 Å². The molecule has 94 valence electrons. The fourth-order valence-corrected chi connectivity index (χ4v) is 3.05. The molecule has 2 unspecified atom stereocenters. The van der Waals surface area contributed by atoms with Crippen LogP contribution in [0.1, 0.15) is 34.4 Å². The average molecular weight is 325 g/mol. The van der Waals surface area contributed by atoms with E-state index in [0.29, 0.717) is 5.92 Å². The van der Waals surface area contributed by atoms with Crippen molar-refractivity contribution in [2.24, 2.45) is 0 Å². The van der Waals surface area contributed by atoms with Gasteiger partial charge in [-0.2, -0.15) is 0 Å². The Morgan fingerprint density at radius 1 is 1.17 bits per heavy atom. The zero-order chi connectivity index (χ0) is 13.1. The van der Waals surface area contributed by atoms with E-state index in [4.69, 9.17) is 11.6 Å². The van der Waals surface area contributed by atoms with Crippen LogP contribution in [-0.2, 0) is 0 Å². The van der Waals surface area contributed by atoms with Crippen LogP contribution < -0.4 is 0 Å². The molecule has 0 amide bonds. The summed E-state index contributed by atoms with van der Waals surface area (Å²) in [6.45, 7) is 4.22. The van der Waals surface area contributed by atoms with Crippen LogP contribution in [0.2, 0.25) is 5.02 Å². The minimum Gasteiger partial charge on any atom is -0.265 e. The van der Waals surface area contributed by atoms with Crippen molar-refractivity contribution >= 4 is 27.5 Å². The van der Waals surface area contributed by atoms with Crippen LogP contribution in [0.5, 0.6) is 0 Å². The van der Waals surface area contributed by atoms with E-state index in [-0.39, 0.29) is 4.83 Å². The highest BCUT2D eigenvalue weighted by atomic mass is 79.9. The first-order valence-electron chi connectivity index (χ1n) is 5.90. The Balaban J connectivity index is 2.31. The summed E-state index contributed by atoms with van der Waals surface area (Å²) in [4.78, 5) is 4.25. The molecule has 2 rings (SSSR count). The standard InChI is InChI=1S/C15H15BrClN/c1-10-4-3-5-13(15(10)17)14(16)11(2)12-6-8-18-9-7-12/h3-9,11,14H,1-2H3. The Morgan fingerprint density at radius 3 is 2.50 bits per heavy atom. The second kappa shape index (κ2) is 5.85. The molecular weight excluding hydrogens is 310 g/mol. The Hall–Kier alpha value is -0.860. The Morgan fingerprint density at radius 2 is 1.83 bits per heavy atom. The molecule has 0 aliphatic rings. The number of hydrogen-bond acceptors (Lipinski definition) is 1. The predicted octanol–water partition coefficient (Wildman–Crippen LogP) is 5.28. The first kappa shape index (κ1) is 13.6. The first-order valence-corrected chi connectivity index (χ1v) is 7.19. The highest BCUT2D eigenvalue weighted by Gasteiger charge is 2.20. The molecule has 0 spiro atoms. The van der Waals surface area contributed by atoms with Gasteiger partial charge < -0.3 is 0 Å². The maximum Gasteiger partial charge on any atom is 0.0478 e. The molecule has 0 bridgehead atoms. The summed E-state index contributed by atoms with van der Waals surface area (Å²) in [7, 11) is 0. The smallest absolute Gasteiger partial charge is 0.0478 e. The van der Waals surface area contributed by atoms with Crippen molar-refractivity contribution in [3.8, 4) is 0 Å². The lowest BCUT2D eigenvalue weighted by atomic mass is 9.93. The summed E-state index contributed by atoms with van der Waals surface area (Å²) >= 11 is 10.1. The van der Waals surface area contributed by atoms with Crippen LogP contribution >= 0.6 is 27.5 Å². The quantitative estimate of drug-likeness (QED) is 0.700. The van der Waals surface area contributed by atoms with Gasteiger partial charge in [-0.15, -0.1) is 0 Å². The number of rotatable bonds is 3. The molecule has 2 atom stereocenters. The molecule has 0 radical (unpaired) electrons. The molecule has 0 N–H and O–H groups in total. The molecule has 1 heterocycles. The predicted molar refractivity (Wildman–Crippen MR) is 80.5 cm³/mol. The van der Waals surface area contributed by atoms with Crippen molar-refractivity contribution in [3.63, 3.8) is 0 Å². The number of aryl methyl sites for hydroxylation is 1. The number of pyridine rings is 1. The zero-order valence-electron chi connectivity index (χ0n) is 10.4. The Kier molecular flexibility index (Phi) is 4.41. The maximum atomic E-state index is 6.38. The topological polar surface area (TPSA) is 12.9 Å². The van der Waals surface area contributed by atoms with Crippen molar-refractivity contribution in [3.05, 3.63) is 64.4 Å². The lowest BCUT2D eigenvalue weighted by Crippen LogP contribution is -2.03. The third kappa shape index (κ3) is 2.76. The minimum absolute atomic E-state index is 0.201. The van der Waals surface area contributed by atoms with Crippen molar-refractivity contribution < 1.29 is 0 Å². The van der Waals surface area contributed by atoms with Crippen molar-refractivity contribution in [1.29, 1.82) is 0 Å². The lowest BCUT2D eigenvalue weighted by molar-refractivity contribution is 0.749. The SMILES string of the molecule is Cc1cccc(C(Br)C(C)c2ccncc2)c1Cl. The summed E-state index contributed by atoms with van der Waals surface area (Å²) in [5.74, 6) is 0.340. The second-order valence-corrected chi connectivity index (χ2v) is 5.81. The molecule has 0 saturated heterocycles. The molecule has 0 fully saturated rings. The maximum absolute atomic E-state index is 6.38. The van der Waals surface area contributed by atoms with Gasteiger partial charge in [0.15, 0.2) is 0 Å². The van der Waals surface area contributed by atoms with Gasteiger partial charge >= 0.3 is 0 Å². The number of hydrogen-bond donors (Lipinski definition) is 0. The van der Waals surface area contributed by atoms with Gasteiger partial charge in [0, 0.05) is 22.2 Å². The third-order valence-corrected chi connectivity index (χ3v) is 4.99. The molecule has 1 aromatic heterocycles. The average Bonchev–Trinajstić information content (AvgIpc) is 2.41. The summed E-state index contributed by atoms with van der Waals surface area (Å²) in [6.07, 6.45) is 3.65. The fourth-order valence-electron chi connectivity index (χ4n) is 1.99. The van der Waals surface area contributed by atoms with E-state index in [2.05, 4.69) is 33.9 Å². The molecule has 2 aromatic rings. The number of halogens is 2. The van der Waals surface area contributed by atoms with Crippen LogP contribution in [0.4, 0.5) is 0 Å². The van der Waals surface area contributed by atoms with E-state index in [1.165, 1.54) is 5.56 Å². The second-order valence-electron chi connectivity index (χ2n) is 4.45. The normalized spacial score (nSPS) is 14.2. The van der Waals surface area contributed by atoms with Crippen LogP contribution in [0.15, 0.2) is 42.7 Å². The summed E-state index contributed by atoms with van der Waals surface area (Å²) in [5, 5.41) is 0.847. The monoisotopic (exact) mass is 323 g/mol. The highest BCUT2D eigenvalue weighted by Crippen LogP contribution is 2.41. The first-order chi connectivity index (χ1) is 8.61. The molecule has 1 nitrogen and oxygen atoms in total. The molecule has 3 heteroatoms. The molecule has 0 aliphatic heterocycles. The van der Waals surface area contributed by atoms with Gasteiger partial charge in [-0.3, -0.25) is 4.98 Å². The largest absolute Gasteiger partial charge is 0.265 e. The summed E-state index contributed by atoms with van der Waals surface area (Å²) in [5.41, 5.74) is 3.51. The molecule has 1 aromatic carbocycles. The van der Waals surface area contributed by atoms with E-state index < -0.39 is 0 Å². The van der Waals surface area contributed by atoms with Crippen LogP contribution in [0, 0.1) is 6.92 Å².